The van der Waals surface area contributed by atoms with Gasteiger partial charge in [-0.1, -0.05) is 12.8 Å². The van der Waals surface area contributed by atoms with E-state index in [2.05, 4.69) is 5.32 Å². The van der Waals surface area contributed by atoms with Crippen molar-refractivity contribution >= 4 is 5.97 Å². The van der Waals surface area contributed by atoms with Crippen molar-refractivity contribution in [2.24, 2.45) is 11.3 Å². The summed E-state index contributed by atoms with van der Waals surface area (Å²) < 4.78 is 0. The lowest BCUT2D eigenvalue weighted by molar-refractivity contribution is -0.140. The molecular weight excluding hydrogens is 166 g/mol. The number of carbonyl (C=O) groups is 1. The highest BCUT2D eigenvalue weighted by Crippen LogP contribution is 2.46. The van der Waals surface area contributed by atoms with Crippen LogP contribution in [0.3, 0.4) is 0 Å². The molecule has 2 fully saturated rings. The van der Waals surface area contributed by atoms with Gasteiger partial charge in [-0.2, -0.15) is 0 Å². The predicted molar refractivity (Wildman–Crippen MR) is 49.5 cm³/mol. The number of hydrogen-bond donors (Lipinski definition) is 2. The minimum Gasteiger partial charge on any atom is -0.481 e. The third kappa shape index (κ3) is 1.57. The molecule has 1 saturated heterocycles. The summed E-state index contributed by atoms with van der Waals surface area (Å²) in [5.74, 6) is -0.00653. The van der Waals surface area contributed by atoms with Gasteiger partial charge >= 0.3 is 5.97 Å². The minimum absolute atomic E-state index is 0.101. The van der Waals surface area contributed by atoms with Gasteiger partial charge in [-0.05, 0) is 30.7 Å². The number of rotatable bonds is 2. The van der Waals surface area contributed by atoms with Gasteiger partial charge in [-0.25, -0.2) is 0 Å². The van der Waals surface area contributed by atoms with E-state index in [-0.39, 0.29) is 5.41 Å². The molecule has 13 heavy (non-hydrogen) atoms. The van der Waals surface area contributed by atoms with Crippen molar-refractivity contribution in [1.82, 2.24) is 5.32 Å². The van der Waals surface area contributed by atoms with E-state index in [4.69, 9.17) is 5.11 Å². The first-order valence-electron chi connectivity index (χ1n) is 5.15. The van der Waals surface area contributed by atoms with E-state index < -0.39 is 5.97 Å². The summed E-state index contributed by atoms with van der Waals surface area (Å²) in [6.07, 6.45) is 5.20. The number of carboxylic acid groups (broad SMARTS) is 1. The maximum Gasteiger partial charge on any atom is 0.303 e. The summed E-state index contributed by atoms with van der Waals surface area (Å²) >= 11 is 0. The third-order valence-electron chi connectivity index (χ3n) is 3.71. The van der Waals surface area contributed by atoms with Crippen molar-refractivity contribution in [2.45, 2.75) is 32.1 Å². The topological polar surface area (TPSA) is 49.3 Å². The van der Waals surface area contributed by atoms with Gasteiger partial charge in [0.25, 0.3) is 0 Å². The Morgan fingerprint density at radius 2 is 2.38 bits per heavy atom. The molecular formula is C10H17NO2. The molecule has 2 rings (SSSR count). The van der Waals surface area contributed by atoms with E-state index in [1.54, 1.807) is 0 Å². The molecule has 2 aliphatic rings. The van der Waals surface area contributed by atoms with Crippen molar-refractivity contribution in [3.63, 3.8) is 0 Å². The molecule has 0 amide bonds. The van der Waals surface area contributed by atoms with Crippen LogP contribution in [0, 0.1) is 11.3 Å². The SMILES string of the molecule is O=C(O)CC12CCCCC1CNC2. The average molecular weight is 183 g/mol. The largest absolute Gasteiger partial charge is 0.481 e. The first-order valence-corrected chi connectivity index (χ1v) is 5.15. The molecule has 0 aromatic rings. The highest BCUT2D eigenvalue weighted by Gasteiger charge is 2.45. The molecule has 0 bridgehead atoms. The molecule has 1 saturated carbocycles. The smallest absolute Gasteiger partial charge is 0.303 e. The zero-order valence-corrected chi connectivity index (χ0v) is 7.88. The quantitative estimate of drug-likeness (QED) is 0.677. The number of fused-ring (bicyclic) bond motifs is 1. The van der Waals surface area contributed by atoms with Crippen molar-refractivity contribution in [1.29, 1.82) is 0 Å². The van der Waals surface area contributed by atoms with Crippen LogP contribution in [0.15, 0.2) is 0 Å². The lowest BCUT2D eigenvalue weighted by atomic mass is 9.66. The summed E-state index contributed by atoms with van der Waals surface area (Å²) in [5, 5.41) is 12.2. The number of nitrogens with one attached hydrogen (secondary N) is 1. The molecule has 3 heteroatoms. The van der Waals surface area contributed by atoms with Crippen molar-refractivity contribution in [3.05, 3.63) is 0 Å². The first kappa shape index (κ1) is 9.00. The lowest BCUT2D eigenvalue weighted by Crippen LogP contribution is -2.35. The Morgan fingerprint density at radius 1 is 1.54 bits per heavy atom. The lowest BCUT2D eigenvalue weighted by Gasteiger charge is -2.37. The van der Waals surface area contributed by atoms with Gasteiger partial charge in [0.05, 0.1) is 6.42 Å². The van der Waals surface area contributed by atoms with E-state index in [0.717, 1.165) is 19.5 Å². The Labute approximate surface area is 78.5 Å². The fourth-order valence-corrected chi connectivity index (χ4v) is 3.02. The van der Waals surface area contributed by atoms with Gasteiger partial charge in [0.15, 0.2) is 0 Å². The molecule has 2 N–H and O–H groups in total. The van der Waals surface area contributed by atoms with Crippen LogP contribution in [0.4, 0.5) is 0 Å². The Kier molecular flexibility index (Phi) is 2.28. The third-order valence-corrected chi connectivity index (χ3v) is 3.71. The maximum atomic E-state index is 10.8. The Bertz CT molecular complexity index is 217. The molecule has 74 valence electrons. The van der Waals surface area contributed by atoms with E-state index >= 15 is 0 Å². The summed E-state index contributed by atoms with van der Waals surface area (Å²) in [6.45, 7) is 1.96. The number of aliphatic carboxylic acids is 1. The monoisotopic (exact) mass is 183 g/mol. The molecule has 2 unspecified atom stereocenters. The van der Waals surface area contributed by atoms with Gasteiger partial charge < -0.3 is 10.4 Å². The second-order valence-electron chi connectivity index (χ2n) is 4.51. The number of carboxylic acids is 1. The van der Waals surface area contributed by atoms with E-state index in [0.29, 0.717) is 12.3 Å². The molecule has 1 aliphatic carbocycles. The summed E-state index contributed by atoms with van der Waals surface area (Å²) in [4.78, 5) is 10.8. The van der Waals surface area contributed by atoms with Gasteiger partial charge in [0.2, 0.25) is 0 Å². The molecule has 3 nitrogen and oxygen atoms in total. The van der Waals surface area contributed by atoms with Crippen molar-refractivity contribution in [2.75, 3.05) is 13.1 Å². The Hall–Kier alpha value is -0.570. The molecule has 0 aromatic carbocycles. The van der Waals surface area contributed by atoms with E-state index in [9.17, 15) is 4.79 Å². The first-order chi connectivity index (χ1) is 6.23. The molecule has 2 atom stereocenters. The Morgan fingerprint density at radius 3 is 3.15 bits per heavy atom. The standard InChI is InChI=1S/C10H17NO2/c12-9(13)5-10-4-2-1-3-8(10)6-11-7-10/h8,11H,1-7H2,(H,12,13). The maximum absolute atomic E-state index is 10.8. The van der Waals surface area contributed by atoms with Gasteiger partial charge in [-0.15, -0.1) is 0 Å². The number of hydrogen-bond acceptors (Lipinski definition) is 2. The van der Waals surface area contributed by atoms with Crippen LogP contribution in [0.25, 0.3) is 0 Å². The zero-order valence-electron chi connectivity index (χ0n) is 7.88. The van der Waals surface area contributed by atoms with Crippen LogP contribution >= 0.6 is 0 Å². The summed E-state index contributed by atoms with van der Waals surface area (Å²) in [7, 11) is 0. The van der Waals surface area contributed by atoms with Crippen LogP contribution < -0.4 is 5.32 Å². The zero-order chi connectivity index (χ0) is 9.31. The van der Waals surface area contributed by atoms with E-state index in [1.165, 1.54) is 19.3 Å². The van der Waals surface area contributed by atoms with Crippen molar-refractivity contribution in [3.8, 4) is 0 Å². The minimum atomic E-state index is -0.629. The highest BCUT2D eigenvalue weighted by atomic mass is 16.4. The van der Waals surface area contributed by atoms with Crippen LogP contribution in [-0.4, -0.2) is 24.2 Å². The molecule has 0 spiro atoms. The van der Waals surface area contributed by atoms with Crippen LogP contribution in [0.1, 0.15) is 32.1 Å². The van der Waals surface area contributed by atoms with Crippen LogP contribution in [0.5, 0.6) is 0 Å². The molecule has 1 aliphatic heterocycles. The van der Waals surface area contributed by atoms with Gasteiger partial charge in [0, 0.05) is 6.54 Å². The second-order valence-corrected chi connectivity index (χ2v) is 4.51. The predicted octanol–water partition coefficient (Wildman–Crippen LogP) is 1.24. The molecule has 1 heterocycles. The van der Waals surface area contributed by atoms with Crippen LogP contribution in [0.2, 0.25) is 0 Å². The fourth-order valence-electron chi connectivity index (χ4n) is 3.02. The summed E-state index contributed by atoms with van der Waals surface area (Å²) in [5.41, 5.74) is 0.101. The highest BCUT2D eigenvalue weighted by molar-refractivity contribution is 5.68. The second kappa shape index (κ2) is 3.29. The van der Waals surface area contributed by atoms with Crippen molar-refractivity contribution < 1.29 is 9.90 Å². The molecule has 0 aromatic heterocycles. The van der Waals surface area contributed by atoms with E-state index in [1.807, 2.05) is 0 Å². The fraction of sp³-hybridized carbons (Fsp3) is 0.900. The Balaban J connectivity index is 2.11. The average Bonchev–Trinajstić information content (AvgIpc) is 2.45. The van der Waals surface area contributed by atoms with Crippen LogP contribution in [-0.2, 0) is 4.79 Å². The van der Waals surface area contributed by atoms with Gasteiger partial charge in [0.1, 0.15) is 0 Å². The summed E-state index contributed by atoms with van der Waals surface area (Å²) in [6, 6.07) is 0. The van der Waals surface area contributed by atoms with Gasteiger partial charge in [-0.3, -0.25) is 4.79 Å². The molecule has 0 radical (unpaired) electrons. The normalized spacial score (nSPS) is 38.6.